The van der Waals surface area contributed by atoms with Crippen molar-refractivity contribution in [3.05, 3.63) is 0 Å². The predicted octanol–water partition coefficient (Wildman–Crippen LogP) is 5.41. The molecule has 0 bridgehead atoms. The number of hydrogen-bond donors (Lipinski definition) is 1. The maximum atomic E-state index is 10.8. The molecule has 1 N–H and O–H groups in total. The van der Waals surface area contributed by atoms with Crippen molar-refractivity contribution in [2.24, 2.45) is 5.92 Å². The fourth-order valence-electron chi connectivity index (χ4n) is 2.49. The fraction of sp³-hybridized carbons (Fsp3) is 0.938. The van der Waals surface area contributed by atoms with E-state index in [1.165, 1.54) is 57.8 Å². The van der Waals surface area contributed by atoms with Crippen LogP contribution in [0.2, 0.25) is 0 Å². The van der Waals surface area contributed by atoms with Gasteiger partial charge in [0, 0.05) is 6.42 Å². The third kappa shape index (κ3) is 11.9. The van der Waals surface area contributed by atoms with Crippen LogP contribution in [-0.4, -0.2) is 11.1 Å². The summed E-state index contributed by atoms with van der Waals surface area (Å²) in [6.07, 6.45) is 14.0. The van der Waals surface area contributed by atoms with Crippen molar-refractivity contribution in [3.63, 3.8) is 0 Å². The van der Waals surface area contributed by atoms with Crippen LogP contribution < -0.4 is 0 Å². The molecule has 1 atom stereocenters. The number of carboxylic acid groups (broad SMARTS) is 1. The van der Waals surface area contributed by atoms with E-state index in [0.717, 1.165) is 12.8 Å². The fourth-order valence-corrected chi connectivity index (χ4v) is 2.49. The van der Waals surface area contributed by atoms with Crippen molar-refractivity contribution in [3.8, 4) is 0 Å². The molecule has 0 heterocycles. The van der Waals surface area contributed by atoms with E-state index >= 15 is 0 Å². The zero-order valence-electron chi connectivity index (χ0n) is 12.4. The summed E-state index contributed by atoms with van der Waals surface area (Å²) in [7, 11) is 0. The molecule has 0 saturated heterocycles. The van der Waals surface area contributed by atoms with Gasteiger partial charge >= 0.3 is 5.97 Å². The van der Waals surface area contributed by atoms with E-state index in [0.29, 0.717) is 12.3 Å². The molecule has 2 nitrogen and oxygen atoms in total. The summed E-state index contributed by atoms with van der Waals surface area (Å²) in [4.78, 5) is 10.8. The van der Waals surface area contributed by atoms with Gasteiger partial charge in [-0.25, -0.2) is 0 Å². The van der Waals surface area contributed by atoms with Gasteiger partial charge in [-0.2, -0.15) is 0 Å². The Morgan fingerprint density at radius 1 is 0.833 bits per heavy atom. The van der Waals surface area contributed by atoms with Crippen LogP contribution in [0.3, 0.4) is 0 Å². The van der Waals surface area contributed by atoms with Crippen molar-refractivity contribution >= 4 is 5.97 Å². The highest BCUT2D eigenvalue weighted by molar-refractivity contribution is 5.66. The lowest BCUT2D eigenvalue weighted by Crippen LogP contribution is -2.08. The molecule has 0 aromatic heterocycles. The predicted molar refractivity (Wildman–Crippen MR) is 77.9 cm³/mol. The van der Waals surface area contributed by atoms with Crippen LogP contribution >= 0.6 is 0 Å². The summed E-state index contributed by atoms with van der Waals surface area (Å²) in [5.74, 6) is -0.204. The molecular weight excluding hydrogens is 224 g/mol. The number of carbonyl (C=O) groups is 1. The van der Waals surface area contributed by atoms with Gasteiger partial charge in [0.05, 0.1) is 0 Å². The quantitative estimate of drug-likeness (QED) is 0.447. The lowest BCUT2D eigenvalue weighted by atomic mass is 9.92. The van der Waals surface area contributed by atoms with Gasteiger partial charge < -0.3 is 5.11 Å². The van der Waals surface area contributed by atoms with Crippen LogP contribution in [0, 0.1) is 5.92 Å². The molecule has 18 heavy (non-hydrogen) atoms. The molecule has 0 spiro atoms. The Kier molecular flexibility index (Phi) is 12.5. The van der Waals surface area contributed by atoms with Crippen molar-refractivity contribution < 1.29 is 9.90 Å². The number of aliphatic carboxylic acids is 1. The number of hydrogen-bond acceptors (Lipinski definition) is 1. The molecule has 0 aliphatic carbocycles. The van der Waals surface area contributed by atoms with Gasteiger partial charge in [0.15, 0.2) is 0 Å². The molecule has 108 valence electrons. The topological polar surface area (TPSA) is 37.3 Å². The highest BCUT2D eigenvalue weighted by Crippen LogP contribution is 2.21. The normalized spacial score (nSPS) is 12.6. The Morgan fingerprint density at radius 3 is 1.72 bits per heavy atom. The minimum Gasteiger partial charge on any atom is -0.481 e. The second-order valence-corrected chi connectivity index (χ2v) is 5.52. The van der Waals surface area contributed by atoms with E-state index in [-0.39, 0.29) is 0 Å². The van der Waals surface area contributed by atoms with Crippen molar-refractivity contribution in [2.45, 2.75) is 90.9 Å². The number of unbranched alkanes of at least 4 members (excludes halogenated alkanes) is 7. The summed E-state index contributed by atoms with van der Waals surface area (Å²) in [5, 5.41) is 8.93. The Hall–Kier alpha value is -0.530. The molecular formula is C16H32O2. The van der Waals surface area contributed by atoms with E-state index in [4.69, 9.17) is 5.11 Å². The highest BCUT2D eigenvalue weighted by Gasteiger charge is 2.12. The summed E-state index contributed by atoms with van der Waals surface area (Å²) in [6, 6.07) is 0. The SMILES string of the molecule is CCCCCCC[C@@H](CCCCCC)CC(=O)O. The van der Waals surface area contributed by atoms with Crippen LogP contribution in [0.4, 0.5) is 0 Å². The lowest BCUT2D eigenvalue weighted by Gasteiger charge is -2.14. The van der Waals surface area contributed by atoms with Gasteiger partial charge in [-0.05, 0) is 18.8 Å². The second-order valence-electron chi connectivity index (χ2n) is 5.52. The molecule has 0 unspecified atom stereocenters. The summed E-state index contributed by atoms with van der Waals surface area (Å²) < 4.78 is 0. The summed E-state index contributed by atoms with van der Waals surface area (Å²) in [6.45, 7) is 4.43. The van der Waals surface area contributed by atoms with Gasteiger partial charge in [-0.15, -0.1) is 0 Å². The van der Waals surface area contributed by atoms with Gasteiger partial charge in [-0.1, -0.05) is 71.6 Å². The third-order valence-electron chi connectivity index (χ3n) is 3.65. The van der Waals surface area contributed by atoms with Crippen LogP contribution in [-0.2, 0) is 4.79 Å². The number of rotatable bonds is 13. The first-order chi connectivity index (χ1) is 8.70. The molecule has 0 aromatic carbocycles. The minimum atomic E-state index is -0.621. The first-order valence-electron chi connectivity index (χ1n) is 7.92. The van der Waals surface area contributed by atoms with E-state index in [9.17, 15) is 4.79 Å². The van der Waals surface area contributed by atoms with Crippen LogP contribution in [0.25, 0.3) is 0 Å². The Bertz CT molecular complexity index is 190. The van der Waals surface area contributed by atoms with Gasteiger partial charge in [0.25, 0.3) is 0 Å². The maximum absolute atomic E-state index is 10.8. The van der Waals surface area contributed by atoms with Crippen LogP contribution in [0.15, 0.2) is 0 Å². The molecule has 0 saturated carbocycles. The largest absolute Gasteiger partial charge is 0.481 e. The Balaban J connectivity index is 3.66. The maximum Gasteiger partial charge on any atom is 0.303 e. The van der Waals surface area contributed by atoms with E-state index in [2.05, 4.69) is 13.8 Å². The van der Waals surface area contributed by atoms with E-state index in [1.54, 1.807) is 0 Å². The minimum absolute atomic E-state index is 0.375. The van der Waals surface area contributed by atoms with Gasteiger partial charge in [0.1, 0.15) is 0 Å². The van der Waals surface area contributed by atoms with Crippen molar-refractivity contribution in [2.75, 3.05) is 0 Å². The van der Waals surface area contributed by atoms with Crippen LogP contribution in [0.1, 0.15) is 90.9 Å². The first-order valence-corrected chi connectivity index (χ1v) is 7.92. The summed E-state index contributed by atoms with van der Waals surface area (Å²) in [5.41, 5.74) is 0. The Morgan fingerprint density at radius 2 is 1.28 bits per heavy atom. The smallest absolute Gasteiger partial charge is 0.303 e. The lowest BCUT2D eigenvalue weighted by molar-refractivity contribution is -0.138. The van der Waals surface area contributed by atoms with Crippen molar-refractivity contribution in [1.82, 2.24) is 0 Å². The third-order valence-corrected chi connectivity index (χ3v) is 3.65. The van der Waals surface area contributed by atoms with E-state index < -0.39 is 5.97 Å². The molecule has 0 amide bonds. The average Bonchev–Trinajstić information content (AvgIpc) is 2.33. The molecule has 0 aliphatic heterocycles. The molecule has 0 rings (SSSR count). The second kappa shape index (κ2) is 12.9. The summed E-state index contributed by atoms with van der Waals surface area (Å²) >= 11 is 0. The molecule has 2 heteroatoms. The zero-order valence-corrected chi connectivity index (χ0v) is 12.4. The Labute approximate surface area is 113 Å². The molecule has 0 aliphatic rings. The van der Waals surface area contributed by atoms with E-state index in [1.807, 2.05) is 0 Å². The zero-order chi connectivity index (χ0) is 13.6. The standard InChI is InChI=1S/C16H32O2/c1-3-5-7-9-11-13-15(14-16(17)18)12-10-8-6-4-2/h15H,3-14H2,1-2H3,(H,17,18)/t15-/m1/s1. The monoisotopic (exact) mass is 256 g/mol. The molecule has 0 radical (unpaired) electrons. The number of carboxylic acids is 1. The first kappa shape index (κ1) is 17.5. The van der Waals surface area contributed by atoms with Crippen molar-refractivity contribution in [1.29, 1.82) is 0 Å². The van der Waals surface area contributed by atoms with Gasteiger partial charge in [-0.3, -0.25) is 4.79 Å². The van der Waals surface area contributed by atoms with Gasteiger partial charge in [0.2, 0.25) is 0 Å². The highest BCUT2D eigenvalue weighted by atomic mass is 16.4. The van der Waals surface area contributed by atoms with Crippen LogP contribution in [0.5, 0.6) is 0 Å². The molecule has 0 fully saturated rings. The average molecular weight is 256 g/mol. The molecule has 0 aromatic rings.